The van der Waals surface area contributed by atoms with Crippen LogP contribution in [0.5, 0.6) is 5.75 Å². The Balaban J connectivity index is 2.69. The summed E-state index contributed by atoms with van der Waals surface area (Å²) in [6.07, 6.45) is 0.184. The van der Waals surface area contributed by atoms with Crippen molar-refractivity contribution in [3.05, 3.63) is 28.8 Å². The number of ether oxygens (including phenoxy) is 1. The molecule has 0 bridgehead atoms. The largest absolute Gasteiger partial charge is 0.479 e. The number of amides is 1. The van der Waals surface area contributed by atoms with Gasteiger partial charge < -0.3 is 15.8 Å². The normalized spacial score (nSPS) is 12.3. The number of benzene rings is 1. The second-order valence-corrected chi connectivity index (χ2v) is 5.13. The van der Waals surface area contributed by atoms with Gasteiger partial charge in [-0.25, -0.2) is 0 Å². The van der Waals surface area contributed by atoms with Crippen molar-refractivity contribution >= 4 is 17.5 Å². The lowest BCUT2D eigenvalue weighted by atomic mass is 10.1. The predicted octanol–water partition coefficient (Wildman–Crippen LogP) is 2.13. The molecule has 4 nitrogen and oxygen atoms in total. The van der Waals surface area contributed by atoms with Crippen molar-refractivity contribution in [3.63, 3.8) is 0 Å². The van der Waals surface area contributed by atoms with Gasteiger partial charge in [-0.1, -0.05) is 17.7 Å². The summed E-state index contributed by atoms with van der Waals surface area (Å²) in [5.41, 5.74) is 6.54. The molecule has 19 heavy (non-hydrogen) atoms. The van der Waals surface area contributed by atoms with E-state index in [1.807, 2.05) is 26.0 Å². The fourth-order valence-corrected chi connectivity index (χ4v) is 1.86. The van der Waals surface area contributed by atoms with E-state index in [9.17, 15) is 4.79 Å². The third-order valence-corrected chi connectivity index (χ3v) is 2.83. The predicted molar refractivity (Wildman–Crippen MR) is 77.6 cm³/mol. The number of halogens is 1. The molecule has 0 spiro atoms. The summed E-state index contributed by atoms with van der Waals surface area (Å²) in [5.74, 6) is 0.353. The van der Waals surface area contributed by atoms with Crippen LogP contribution in [0.25, 0.3) is 0 Å². The van der Waals surface area contributed by atoms with Crippen LogP contribution in [0.4, 0.5) is 0 Å². The molecule has 0 saturated heterocycles. The van der Waals surface area contributed by atoms with Gasteiger partial charge in [0.2, 0.25) is 0 Å². The van der Waals surface area contributed by atoms with E-state index in [1.54, 1.807) is 13.0 Å². The molecule has 1 atom stereocenters. The van der Waals surface area contributed by atoms with Crippen molar-refractivity contribution in [3.8, 4) is 5.75 Å². The van der Waals surface area contributed by atoms with Gasteiger partial charge >= 0.3 is 0 Å². The zero-order valence-electron chi connectivity index (χ0n) is 11.6. The van der Waals surface area contributed by atoms with Gasteiger partial charge in [-0.3, -0.25) is 4.79 Å². The second kappa shape index (κ2) is 7.36. The van der Waals surface area contributed by atoms with Crippen LogP contribution in [0.3, 0.4) is 0 Å². The lowest BCUT2D eigenvalue weighted by Crippen LogP contribution is -2.40. The lowest BCUT2D eigenvalue weighted by molar-refractivity contribution is -0.127. The van der Waals surface area contributed by atoms with E-state index in [0.717, 1.165) is 12.0 Å². The average Bonchev–Trinajstić information content (AvgIpc) is 2.32. The van der Waals surface area contributed by atoms with E-state index in [-0.39, 0.29) is 11.9 Å². The molecule has 1 aromatic carbocycles. The van der Waals surface area contributed by atoms with Crippen molar-refractivity contribution in [2.75, 3.05) is 6.54 Å². The molecule has 0 heterocycles. The summed E-state index contributed by atoms with van der Waals surface area (Å²) in [6, 6.07) is 5.57. The summed E-state index contributed by atoms with van der Waals surface area (Å²) in [7, 11) is 0. The fourth-order valence-electron chi connectivity index (χ4n) is 1.61. The van der Waals surface area contributed by atoms with Crippen LogP contribution in [0.1, 0.15) is 26.3 Å². The molecule has 1 unspecified atom stereocenters. The Bertz CT molecular complexity index is 435. The molecule has 0 fully saturated rings. The van der Waals surface area contributed by atoms with Gasteiger partial charge in [0.15, 0.2) is 6.10 Å². The molecule has 0 radical (unpaired) electrons. The van der Waals surface area contributed by atoms with E-state index in [2.05, 4.69) is 5.32 Å². The standard InChI is InChI=1S/C14H21ClN2O2/c1-9(2)17-14(18)10(3)19-13-5-4-11(6-7-16)8-12(13)15/h4-5,8-10H,6-7,16H2,1-3H3,(H,17,18). The summed E-state index contributed by atoms with van der Waals surface area (Å²) in [5, 5.41) is 3.29. The van der Waals surface area contributed by atoms with Crippen LogP contribution in [0.2, 0.25) is 5.02 Å². The first kappa shape index (κ1) is 15.8. The van der Waals surface area contributed by atoms with Gasteiger partial charge in [0.25, 0.3) is 5.91 Å². The number of nitrogens with one attached hydrogen (secondary N) is 1. The van der Waals surface area contributed by atoms with E-state index in [4.69, 9.17) is 22.1 Å². The first-order valence-corrected chi connectivity index (χ1v) is 6.77. The quantitative estimate of drug-likeness (QED) is 0.841. The Kier molecular flexibility index (Phi) is 6.12. The minimum atomic E-state index is -0.583. The number of nitrogens with two attached hydrogens (primary N) is 1. The first-order valence-electron chi connectivity index (χ1n) is 6.39. The Morgan fingerprint density at radius 2 is 2.11 bits per heavy atom. The van der Waals surface area contributed by atoms with E-state index >= 15 is 0 Å². The van der Waals surface area contributed by atoms with Gasteiger partial charge in [0, 0.05) is 6.04 Å². The molecule has 3 N–H and O–H groups in total. The number of carbonyl (C=O) groups is 1. The molecular weight excluding hydrogens is 264 g/mol. The molecule has 0 saturated carbocycles. The van der Waals surface area contributed by atoms with Crippen molar-refractivity contribution < 1.29 is 9.53 Å². The monoisotopic (exact) mass is 284 g/mol. The average molecular weight is 285 g/mol. The smallest absolute Gasteiger partial charge is 0.260 e. The summed E-state index contributed by atoms with van der Waals surface area (Å²) < 4.78 is 5.57. The highest BCUT2D eigenvalue weighted by molar-refractivity contribution is 6.32. The van der Waals surface area contributed by atoms with Gasteiger partial charge in [0.05, 0.1) is 5.02 Å². The molecule has 0 aliphatic heterocycles. The minimum absolute atomic E-state index is 0.0842. The molecule has 106 valence electrons. The van der Waals surface area contributed by atoms with Crippen molar-refractivity contribution in [1.29, 1.82) is 0 Å². The zero-order chi connectivity index (χ0) is 14.4. The third kappa shape index (κ3) is 5.09. The van der Waals surface area contributed by atoms with Gasteiger partial charge in [0.1, 0.15) is 5.75 Å². The molecule has 5 heteroatoms. The Morgan fingerprint density at radius 3 is 2.63 bits per heavy atom. The maximum absolute atomic E-state index is 11.7. The van der Waals surface area contributed by atoms with E-state index in [1.165, 1.54) is 0 Å². The van der Waals surface area contributed by atoms with Crippen molar-refractivity contribution in [2.45, 2.75) is 39.3 Å². The molecule has 0 aliphatic rings. The fraction of sp³-hybridized carbons (Fsp3) is 0.500. The number of hydrogen-bond donors (Lipinski definition) is 2. The summed E-state index contributed by atoms with van der Waals surface area (Å²) in [6.45, 7) is 6.07. The van der Waals surface area contributed by atoms with E-state index in [0.29, 0.717) is 17.3 Å². The third-order valence-electron chi connectivity index (χ3n) is 2.53. The van der Waals surface area contributed by atoms with Crippen molar-refractivity contribution in [2.24, 2.45) is 5.73 Å². The highest BCUT2D eigenvalue weighted by Crippen LogP contribution is 2.26. The number of hydrogen-bond acceptors (Lipinski definition) is 3. The topological polar surface area (TPSA) is 64.3 Å². The SMILES string of the molecule is CC(C)NC(=O)C(C)Oc1ccc(CCN)cc1Cl. The highest BCUT2D eigenvalue weighted by atomic mass is 35.5. The van der Waals surface area contributed by atoms with Crippen LogP contribution in [-0.4, -0.2) is 24.6 Å². The van der Waals surface area contributed by atoms with Crippen LogP contribution >= 0.6 is 11.6 Å². The minimum Gasteiger partial charge on any atom is -0.479 e. The molecule has 1 rings (SSSR count). The molecular formula is C14H21ClN2O2. The maximum atomic E-state index is 11.7. The molecule has 1 amide bonds. The molecule has 1 aromatic rings. The Hall–Kier alpha value is -1.26. The lowest BCUT2D eigenvalue weighted by Gasteiger charge is -2.17. The number of carbonyl (C=O) groups excluding carboxylic acids is 1. The highest BCUT2D eigenvalue weighted by Gasteiger charge is 2.16. The van der Waals surface area contributed by atoms with Crippen LogP contribution in [-0.2, 0) is 11.2 Å². The van der Waals surface area contributed by atoms with Crippen LogP contribution < -0.4 is 15.8 Å². The molecule has 0 aliphatic carbocycles. The van der Waals surface area contributed by atoms with Crippen LogP contribution in [0, 0.1) is 0 Å². The van der Waals surface area contributed by atoms with Crippen LogP contribution in [0.15, 0.2) is 18.2 Å². The Morgan fingerprint density at radius 1 is 1.42 bits per heavy atom. The van der Waals surface area contributed by atoms with Gasteiger partial charge in [-0.2, -0.15) is 0 Å². The zero-order valence-corrected chi connectivity index (χ0v) is 12.3. The maximum Gasteiger partial charge on any atom is 0.260 e. The Labute approximate surface area is 119 Å². The van der Waals surface area contributed by atoms with Gasteiger partial charge in [-0.15, -0.1) is 0 Å². The van der Waals surface area contributed by atoms with Crippen molar-refractivity contribution in [1.82, 2.24) is 5.32 Å². The van der Waals surface area contributed by atoms with Gasteiger partial charge in [-0.05, 0) is 51.4 Å². The summed E-state index contributed by atoms with van der Waals surface area (Å²) in [4.78, 5) is 11.7. The number of rotatable bonds is 6. The molecule has 0 aromatic heterocycles. The van der Waals surface area contributed by atoms with E-state index < -0.39 is 6.10 Å². The first-order chi connectivity index (χ1) is 8.93. The summed E-state index contributed by atoms with van der Waals surface area (Å²) >= 11 is 6.12. The second-order valence-electron chi connectivity index (χ2n) is 4.73.